The first-order chi connectivity index (χ1) is 17.9. The lowest BCUT2D eigenvalue weighted by Crippen LogP contribution is -2.37. The van der Waals surface area contributed by atoms with Crippen LogP contribution in [-0.4, -0.2) is 62.4 Å². The van der Waals surface area contributed by atoms with E-state index in [-0.39, 0.29) is 29.8 Å². The summed E-state index contributed by atoms with van der Waals surface area (Å²) in [4.78, 5) is 37.1. The number of carbonyl (C=O) groups is 1. The highest BCUT2D eigenvalue weighted by atomic mass is 35.5. The molecule has 4 aromatic rings. The van der Waals surface area contributed by atoms with Crippen LogP contribution in [0.3, 0.4) is 0 Å². The molecule has 0 aliphatic heterocycles. The van der Waals surface area contributed by atoms with Gasteiger partial charge in [0.15, 0.2) is 35.5 Å². The molecule has 16 heteroatoms. The van der Waals surface area contributed by atoms with Crippen LogP contribution in [0.25, 0.3) is 17.2 Å². The van der Waals surface area contributed by atoms with Gasteiger partial charge in [-0.2, -0.15) is 17.9 Å². The molecular formula is C22H20ClF3N8O4. The molecule has 1 unspecified atom stereocenters. The Bertz CT molecular complexity index is 1490. The molecule has 4 rings (SSSR count). The fourth-order valence-electron chi connectivity index (χ4n) is 3.50. The van der Waals surface area contributed by atoms with Crippen molar-refractivity contribution in [3.05, 3.63) is 70.0 Å². The molecule has 1 N–H and O–H groups in total. The molecule has 0 radical (unpaired) electrons. The lowest BCUT2D eigenvalue weighted by atomic mass is 10.2. The number of ether oxygens (including phenoxy) is 1. The van der Waals surface area contributed by atoms with E-state index in [1.54, 1.807) is 6.92 Å². The van der Waals surface area contributed by atoms with E-state index in [0.29, 0.717) is 15.2 Å². The van der Waals surface area contributed by atoms with E-state index in [2.05, 4.69) is 25.1 Å². The van der Waals surface area contributed by atoms with Crippen LogP contribution in [0.1, 0.15) is 31.6 Å². The van der Waals surface area contributed by atoms with Crippen LogP contribution in [-0.2, 0) is 22.6 Å². The molecule has 2 atom stereocenters. The van der Waals surface area contributed by atoms with Crippen molar-refractivity contribution in [1.29, 1.82) is 0 Å². The minimum atomic E-state index is -4.96. The highest BCUT2D eigenvalue weighted by Crippen LogP contribution is 2.24. The first-order valence-corrected chi connectivity index (χ1v) is 11.4. The molecule has 0 fully saturated rings. The van der Waals surface area contributed by atoms with Crippen molar-refractivity contribution in [3.8, 4) is 17.2 Å². The highest BCUT2D eigenvalue weighted by molar-refractivity contribution is 6.30. The van der Waals surface area contributed by atoms with Gasteiger partial charge in [-0.1, -0.05) is 11.6 Å². The van der Waals surface area contributed by atoms with E-state index in [1.807, 2.05) is 0 Å². The van der Waals surface area contributed by atoms with Crippen LogP contribution >= 0.6 is 11.6 Å². The van der Waals surface area contributed by atoms with Gasteiger partial charge in [0.05, 0.1) is 12.7 Å². The molecule has 0 aliphatic rings. The second-order valence-corrected chi connectivity index (χ2v) is 8.49. The van der Waals surface area contributed by atoms with Crippen molar-refractivity contribution < 1.29 is 27.8 Å². The summed E-state index contributed by atoms with van der Waals surface area (Å²) in [6, 6.07) is 5.92. The minimum absolute atomic E-state index is 0.0235. The summed E-state index contributed by atoms with van der Waals surface area (Å²) in [6.45, 7) is 1.33. The molecule has 0 saturated carbocycles. The van der Waals surface area contributed by atoms with Crippen LogP contribution in [0, 0.1) is 0 Å². The lowest BCUT2D eigenvalue weighted by Gasteiger charge is -2.15. The van der Waals surface area contributed by atoms with Crippen LogP contribution < -0.4 is 5.69 Å². The van der Waals surface area contributed by atoms with Gasteiger partial charge in [-0.05, 0) is 31.2 Å². The van der Waals surface area contributed by atoms with Gasteiger partial charge in [-0.15, -0.1) is 10.2 Å². The predicted molar refractivity (Wildman–Crippen MR) is 125 cm³/mol. The Morgan fingerprint density at radius 1 is 1.18 bits per heavy atom. The number of aromatic nitrogens is 8. The maximum atomic E-state index is 13.1. The molecule has 12 nitrogen and oxygen atoms in total. The first kappa shape index (κ1) is 26.9. The molecular weight excluding hydrogens is 533 g/mol. The Hall–Kier alpha value is -4.11. The van der Waals surface area contributed by atoms with Crippen molar-refractivity contribution in [2.45, 2.75) is 45.3 Å². The van der Waals surface area contributed by atoms with E-state index in [4.69, 9.17) is 16.3 Å². The Morgan fingerprint density at radius 3 is 2.50 bits per heavy atom. The zero-order chi connectivity index (χ0) is 27.6. The van der Waals surface area contributed by atoms with Gasteiger partial charge in [0.2, 0.25) is 0 Å². The van der Waals surface area contributed by atoms with Gasteiger partial charge < -0.3 is 9.84 Å². The van der Waals surface area contributed by atoms with Crippen molar-refractivity contribution in [2.75, 3.05) is 0 Å². The number of carbonyl (C=O) groups excluding carboxylic acids is 1. The molecule has 0 bridgehead atoms. The number of hydrogen-bond acceptors (Lipinski definition) is 9. The predicted octanol–water partition coefficient (Wildman–Crippen LogP) is 2.33. The molecule has 0 saturated heterocycles. The van der Waals surface area contributed by atoms with E-state index >= 15 is 0 Å². The highest BCUT2D eigenvalue weighted by Gasteiger charge is 2.39. The molecule has 3 aromatic heterocycles. The first-order valence-electron chi connectivity index (χ1n) is 11.0. The van der Waals surface area contributed by atoms with Gasteiger partial charge in [0.25, 0.3) is 0 Å². The van der Waals surface area contributed by atoms with Crippen LogP contribution in [0.15, 0.2) is 47.7 Å². The number of benzene rings is 1. The number of alkyl halides is 3. The number of nitrogens with zero attached hydrogens (tertiary/aromatic N) is 8. The summed E-state index contributed by atoms with van der Waals surface area (Å²) in [5.74, 6) is -0.271. The second-order valence-electron chi connectivity index (χ2n) is 8.05. The molecule has 1 aromatic carbocycles. The zero-order valence-electron chi connectivity index (χ0n) is 19.9. The summed E-state index contributed by atoms with van der Waals surface area (Å²) in [5.41, 5.74) is -0.648. The minimum Gasteiger partial charge on any atom is -0.455 e. The number of halogens is 4. The maximum absolute atomic E-state index is 13.1. The van der Waals surface area contributed by atoms with Crippen molar-refractivity contribution in [3.63, 3.8) is 0 Å². The zero-order valence-corrected chi connectivity index (χ0v) is 20.6. The molecule has 38 heavy (non-hydrogen) atoms. The third-order valence-electron chi connectivity index (χ3n) is 5.20. The summed E-state index contributed by atoms with van der Waals surface area (Å²) in [6.07, 6.45) is -4.40. The average molecular weight is 553 g/mol. The molecule has 200 valence electrons. The Kier molecular flexibility index (Phi) is 7.59. The number of aliphatic hydroxyl groups excluding tert-OH is 1. The number of rotatable bonds is 8. The Morgan fingerprint density at radius 2 is 1.89 bits per heavy atom. The summed E-state index contributed by atoms with van der Waals surface area (Å²) in [5, 5.41) is 18.5. The topological polar surface area (TPSA) is 143 Å². The number of hydrogen-bond donors (Lipinski definition) is 1. The number of esters is 1. The van der Waals surface area contributed by atoms with Crippen LogP contribution in [0.4, 0.5) is 13.2 Å². The van der Waals surface area contributed by atoms with Gasteiger partial charge in [0, 0.05) is 29.9 Å². The van der Waals surface area contributed by atoms with E-state index in [9.17, 15) is 27.9 Å². The fraction of sp³-hybridized carbons (Fsp3) is 0.318. The average Bonchev–Trinajstić information content (AvgIpc) is 3.41. The van der Waals surface area contributed by atoms with Gasteiger partial charge >= 0.3 is 17.8 Å². The third kappa shape index (κ3) is 5.89. The van der Waals surface area contributed by atoms with Crippen molar-refractivity contribution in [1.82, 2.24) is 39.1 Å². The van der Waals surface area contributed by atoms with Gasteiger partial charge in [-0.25, -0.2) is 19.4 Å². The van der Waals surface area contributed by atoms with Crippen molar-refractivity contribution in [2.24, 2.45) is 0 Å². The largest absolute Gasteiger partial charge is 0.455 e. The normalized spacial score (nSPS) is 13.3. The van der Waals surface area contributed by atoms with E-state index in [0.717, 1.165) is 4.68 Å². The summed E-state index contributed by atoms with van der Waals surface area (Å²) in [7, 11) is 0. The lowest BCUT2D eigenvalue weighted by molar-refractivity contribution is -0.207. The van der Waals surface area contributed by atoms with Gasteiger partial charge in [0.1, 0.15) is 6.54 Å². The smallest absolute Gasteiger partial charge is 0.416 e. The summed E-state index contributed by atoms with van der Waals surface area (Å²) >= 11 is 5.91. The Labute approximate surface area is 217 Å². The third-order valence-corrected chi connectivity index (χ3v) is 5.45. The molecule has 0 aliphatic carbocycles. The van der Waals surface area contributed by atoms with Crippen LogP contribution in [0.2, 0.25) is 5.02 Å². The molecule has 0 spiro atoms. The fourth-order valence-corrected chi connectivity index (χ4v) is 3.63. The summed E-state index contributed by atoms with van der Waals surface area (Å²) < 4.78 is 47.4. The second kappa shape index (κ2) is 10.7. The molecule has 0 amide bonds. The van der Waals surface area contributed by atoms with E-state index in [1.165, 1.54) is 54.5 Å². The number of aliphatic hydroxyl groups is 1. The van der Waals surface area contributed by atoms with Gasteiger partial charge in [-0.3, -0.25) is 14.3 Å². The Balaban J connectivity index is 1.77. The quantitative estimate of drug-likeness (QED) is 0.326. The van der Waals surface area contributed by atoms with Crippen LogP contribution in [0.5, 0.6) is 0 Å². The molecule has 3 heterocycles. The standard InChI is InChI=1S/C22H20ClF3N8O4/c1-12(38-13(2)35)19-29-17(30-34(19)18-9-27-7-8-28-18)11-33-21(37)32(10-16(36)22(24,25)26)20(31-33)14-3-5-15(23)6-4-14/h3-9,12,16,36H,10-11H2,1-2H3/t12?,16-/m0/s1. The maximum Gasteiger partial charge on any atom is 0.416 e. The van der Waals surface area contributed by atoms with Crippen molar-refractivity contribution >= 4 is 17.6 Å². The SMILES string of the molecule is CC(=O)OC(C)c1nc(Cn2nc(-c3ccc(Cl)cc3)n(C[C@H](O)C(F)(F)F)c2=O)nn1-c1cnccn1. The van der Waals surface area contributed by atoms with E-state index < -0.39 is 36.6 Å². The monoisotopic (exact) mass is 552 g/mol.